The molecule has 0 aliphatic heterocycles. The number of carbonyl (C=O) groups is 2. The van der Waals surface area contributed by atoms with E-state index in [9.17, 15) is 55.8 Å². The van der Waals surface area contributed by atoms with Crippen molar-refractivity contribution in [3.63, 3.8) is 0 Å². The van der Waals surface area contributed by atoms with Crippen molar-refractivity contribution in [2.45, 2.75) is 36.0 Å². The van der Waals surface area contributed by atoms with Gasteiger partial charge in [0.2, 0.25) is 0 Å². The van der Waals surface area contributed by atoms with Gasteiger partial charge in [0.05, 0.1) is 44.9 Å². The fourth-order valence-electron chi connectivity index (χ4n) is 7.65. The minimum absolute atomic E-state index is 0.294. The Labute approximate surface area is 429 Å². The number of benzene rings is 7. The van der Waals surface area contributed by atoms with Crippen LogP contribution in [-0.4, -0.2) is 97.1 Å². The summed E-state index contributed by atoms with van der Waals surface area (Å²) < 4.78 is 75.4. The molecule has 0 aliphatic carbocycles. The Morgan fingerprint density at radius 3 is 1.00 bits per heavy atom. The molecule has 0 aromatic heterocycles. The van der Waals surface area contributed by atoms with Crippen LogP contribution in [-0.2, 0) is 55.9 Å². The van der Waals surface area contributed by atoms with Crippen molar-refractivity contribution < 1.29 is 63.8 Å². The van der Waals surface area contributed by atoms with Crippen LogP contribution in [0.15, 0.2) is 204 Å². The van der Waals surface area contributed by atoms with Gasteiger partial charge >= 0.3 is 11.9 Å². The van der Waals surface area contributed by atoms with Gasteiger partial charge in [0.25, 0.3) is 11.4 Å². The predicted octanol–water partition coefficient (Wildman–Crippen LogP) is 8.69. The van der Waals surface area contributed by atoms with Gasteiger partial charge in [0, 0.05) is 46.5 Å². The fraction of sp³-hybridized carbons (Fsp3) is 0.185. The summed E-state index contributed by atoms with van der Waals surface area (Å²) in [4.78, 5) is 42.9. The number of hydrogen-bond donors (Lipinski definition) is 0. The number of likely N-dealkylation sites (N-methyl/N-ethyl adjacent to an activating group) is 2. The maximum Gasteiger partial charge on any atom is 0.338 e. The Bertz CT molecular complexity index is 2980. The SMILES string of the molecule is C[N+](CCOC(=O)c1ccccc1)(Cc1ccccc1)Cc1ccc(C[N+](C)(CCOC(=O)c2ccccc2)Cc2ccccc2)cc1.O=[N+]([O-])c1cccc(S(=O)(=O)[O-])c1.O=[N+]([O-])c1cccc(S(=O)(=O)[O-])c1. The van der Waals surface area contributed by atoms with E-state index in [1.165, 1.54) is 22.3 Å². The number of carbonyl (C=O) groups excluding carboxylic acids is 2. The molecular weight excluding hydrogens is 993 g/mol. The molecule has 0 N–H and O–H groups in total. The summed E-state index contributed by atoms with van der Waals surface area (Å²) in [6.45, 7) is 5.26. The lowest BCUT2D eigenvalue weighted by Gasteiger charge is -2.35. The van der Waals surface area contributed by atoms with Gasteiger partial charge in [-0.15, -0.1) is 0 Å². The van der Waals surface area contributed by atoms with E-state index >= 15 is 0 Å². The maximum absolute atomic E-state index is 12.6. The topological polar surface area (TPSA) is 253 Å². The number of nitrogens with zero attached hydrogens (tertiary/aromatic N) is 4. The number of nitro groups is 2. The van der Waals surface area contributed by atoms with Gasteiger partial charge in [0.1, 0.15) is 72.7 Å². The average Bonchev–Trinajstić information content (AvgIpc) is 3.38. The molecule has 386 valence electrons. The van der Waals surface area contributed by atoms with Crippen molar-refractivity contribution in [2.75, 3.05) is 40.4 Å². The third kappa shape index (κ3) is 18.9. The summed E-state index contributed by atoms with van der Waals surface area (Å²) in [5, 5.41) is 20.4. The molecule has 2 unspecified atom stereocenters. The second-order valence-electron chi connectivity index (χ2n) is 17.5. The third-order valence-electron chi connectivity index (χ3n) is 11.3. The van der Waals surface area contributed by atoms with E-state index in [1.54, 1.807) is 24.3 Å². The Kier molecular flexibility index (Phi) is 20.5. The molecule has 20 heteroatoms. The van der Waals surface area contributed by atoms with Gasteiger partial charge in [-0.25, -0.2) is 26.4 Å². The van der Waals surface area contributed by atoms with Gasteiger partial charge in [-0.05, 0) is 36.4 Å². The standard InChI is InChI=1S/C42H46N2O4.2C6H5NO5S/c1-43(31-35-15-7-3-8-16-35,27-29-47-41(45)39-19-11-5-12-20-39)33-37-23-25-38(26-24-37)34-44(2,32-36-17-9-4-10-18-36)28-30-48-42(46)40-21-13-6-14-22-40;2*8-7(9)5-2-1-3-6(4-5)13(10,11)12/h3-26H,27-34H2,1-2H3;2*1-4H,(H,10,11,12)/q+2;;/p-2. The minimum atomic E-state index is -4.61. The summed E-state index contributed by atoms with van der Waals surface area (Å²) >= 11 is 0. The van der Waals surface area contributed by atoms with Crippen molar-refractivity contribution in [1.29, 1.82) is 0 Å². The molecule has 74 heavy (non-hydrogen) atoms. The number of rotatable bonds is 20. The monoisotopic (exact) mass is 1050 g/mol. The predicted molar refractivity (Wildman–Crippen MR) is 272 cm³/mol. The van der Waals surface area contributed by atoms with Crippen LogP contribution in [0.25, 0.3) is 0 Å². The molecule has 0 spiro atoms. The zero-order chi connectivity index (χ0) is 53.8. The van der Waals surface area contributed by atoms with Gasteiger partial charge in [-0.1, -0.05) is 133 Å². The van der Waals surface area contributed by atoms with E-state index < -0.39 is 51.2 Å². The van der Waals surface area contributed by atoms with E-state index in [1.807, 2.05) is 48.5 Å². The number of nitro benzene ring substituents is 2. The molecule has 7 rings (SSSR count). The number of non-ortho nitro benzene ring substituents is 2. The van der Waals surface area contributed by atoms with Crippen molar-refractivity contribution in [1.82, 2.24) is 0 Å². The van der Waals surface area contributed by atoms with Crippen LogP contribution in [0.3, 0.4) is 0 Å². The normalized spacial score (nSPS) is 12.7. The smallest absolute Gasteiger partial charge is 0.338 e. The van der Waals surface area contributed by atoms with Crippen LogP contribution in [0.4, 0.5) is 11.4 Å². The van der Waals surface area contributed by atoms with E-state index in [-0.39, 0.29) is 11.9 Å². The molecule has 7 aromatic rings. The molecule has 0 fully saturated rings. The molecule has 18 nitrogen and oxygen atoms in total. The molecule has 0 bridgehead atoms. The molecule has 7 aromatic carbocycles. The van der Waals surface area contributed by atoms with Gasteiger partial charge in [-0.3, -0.25) is 20.2 Å². The second kappa shape index (κ2) is 26.6. The zero-order valence-corrected chi connectivity index (χ0v) is 42.1. The summed E-state index contributed by atoms with van der Waals surface area (Å²) in [5.74, 6) is -0.588. The van der Waals surface area contributed by atoms with E-state index in [0.717, 1.165) is 74.7 Å². The highest BCUT2D eigenvalue weighted by molar-refractivity contribution is 7.86. The highest BCUT2D eigenvalue weighted by atomic mass is 32.2. The van der Waals surface area contributed by atoms with Crippen molar-refractivity contribution in [2.24, 2.45) is 0 Å². The lowest BCUT2D eigenvalue weighted by atomic mass is 10.1. The van der Waals surface area contributed by atoms with Crippen molar-refractivity contribution >= 4 is 43.5 Å². The molecule has 0 saturated heterocycles. The average molecular weight is 1050 g/mol. The highest BCUT2D eigenvalue weighted by Crippen LogP contribution is 2.23. The molecule has 0 amide bonds. The third-order valence-corrected chi connectivity index (χ3v) is 13.0. The van der Waals surface area contributed by atoms with Crippen LogP contribution in [0, 0.1) is 20.2 Å². The molecule has 0 radical (unpaired) electrons. The second-order valence-corrected chi connectivity index (χ2v) is 20.3. The number of ether oxygens (including phenoxy) is 2. The molecule has 2 atom stereocenters. The van der Waals surface area contributed by atoms with E-state index in [2.05, 4.69) is 86.9 Å². The minimum Gasteiger partial charge on any atom is -0.744 e. The molecular formula is C54H54N4O14S2. The first kappa shape index (κ1) is 56.9. The van der Waals surface area contributed by atoms with Crippen LogP contribution >= 0.6 is 0 Å². The molecule has 0 heterocycles. The summed E-state index contributed by atoms with van der Waals surface area (Å²) in [7, 11) is -4.78. The van der Waals surface area contributed by atoms with E-state index in [0.29, 0.717) is 46.4 Å². The van der Waals surface area contributed by atoms with Gasteiger partial charge in [-0.2, -0.15) is 0 Å². The number of quaternary nitrogens is 2. The Morgan fingerprint density at radius 2 is 0.716 bits per heavy atom. The summed E-state index contributed by atoms with van der Waals surface area (Å²) in [6.07, 6.45) is 0. The van der Waals surface area contributed by atoms with Crippen LogP contribution < -0.4 is 0 Å². The zero-order valence-electron chi connectivity index (χ0n) is 40.5. The van der Waals surface area contributed by atoms with Gasteiger partial charge in [0.15, 0.2) is 0 Å². The summed E-state index contributed by atoms with van der Waals surface area (Å²) in [5.41, 5.74) is 5.23. The lowest BCUT2D eigenvalue weighted by molar-refractivity contribution is -0.935. The highest BCUT2D eigenvalue weighted by Gasteiger charge is 2.26. The van der Waals surface area contributed by atoms with Crippen LogP contribution in [0.1, 0.15) is 43.0 Å². The first-order valence-electron chi connectivity index (χ1n) is 22.8. The van der Waals surface area contributed by atoms with Gasteiger partial charge < -0.3 is 27.5 Å². The van der Waals surface area contributed by atoms with Crippen LogP contribution in [0.5, 0.6) is 0 Å². The largest absolute Gasteiger partial charge is 0.744 e. The molecule has 0 saturated carbocycles. The Hall–Kier alpha value is -7.98. The first-order valence-corrected chi connectivity index (χ1v) is 25.6. The summed E-state index contributed by atoms with van der Waals surface area (Å²) in [6, 6.07) is 56.1. The quantitative estimate of drug-likeness (QED) is 0.0228. The number of hydrogen-bond acceptors (Lipinski definition) is 14. The van der Waals surface area contributed by atoms with E-state index in [4.69, 9.17) is 9.47 Å². The number of esters is 2. The lowest BCUT2D eigenvalue weighted by Crippen LogP contribution is -2.45. The Balaban J connectivity index is 0.000000315. The molecule has 0 aliphatic rings. The first-order chi connectivity index (χ1) is 35.1. The fourth-order valence-corrected chi connectivity index (χ4v) is 8.67. The van der Waals surface area contributed by atoms with Crippen molar-refractivity contribution in [3.8, 4) is 0 Å². The maximum atomic E-state index is 12.6. The van der Waals surface area contributed by atoms with Crippen molar-refractivity contribution in [3.05, 3.63) is 248 Å². The Morgan fingerprint density at radius 1 is 0.432 bits per heavy atom. The van der Waals surface area contributed by atoms with Crippen LogP contribution in [0.2, 0.25) is 0 Å².